The third-order valence-electron chi connectivity index (χ3n) is 4.03. The van der Waals surface area contributed by atoms with Crippen molar-refractivity contribution in [3.05, 3.63) is 65.8 Å². The number of anilines is 1. The maximum absolute atomic E-state index is 12.4. The lowest BCUT2D eigenvalue weighted by Gasteiger charge is -2.09. The lowest BCUT2D eigenvalue weighted by atomic mass is 10.1. The van der Waals surface area contributed by atoms with Crippen molar-refractivity contribution in [3.8, 4) is 5.69 Å². The van der Waals surface area contributed by atoms with Crippen LogP contribution >= 0.6 is 0 Å². The molecule has 0 spiro atoms. The Morgan fingerprint density at radius 1 is 1.17 bits per heavy atom. The van der Waals surface area contributed by atoms with Gasteiger partial charge in [0.15, 0.2) is 0 Å². The molecule has 122 valence electrons. The minimum atomic E-state index is -0.199. The van der Waals surface area contributed by atoms with Crippen molar-refractivity contribution in [2.24, 2.45) is 0 Å². The Morgan fingerprint density at radius 2 is 1.92 bits per heavy atom. The smallest absolute Gasteiger partial charge is 0.259 e. The fourth-order valence-corrected chi connectivity index (χ4v) is 2.49. The van der Waals surface area contributed by atoms with E-state index in [1.807, 2.05) is 49.6 Å². The molecule has 1 aromatic carbocycles. The molecule has 0 aliphatic carbocycles. The van der Waals surface area contributed by atoms with Gasteiger partial charge in [-0.05, 0) is 44.5 Å². The maximum atomic E-state index is 12.4. The Hall–Kier alpha value is -3.02. The maximum Gasteiger partial charge on any atom is 0.259 e. The molecule has 3 rings (SSSR count). The van der Waals surface area contributed by atoms with Crippen LogP contribution in [-0.4, -0.2) is 25.4 Å². The van der Waals surface area contributed by atoms with Gasteiger partial charge in [-0.1, -0.05) is 6.92 Å². The summed E-state index contributed by atoms with van der Waals surface area (Å²) in [4.78, 5) is 24.8. The van der Waals surface area contributed by atoms with Gasteiger partial charge in [0.2, 0.25) is 0 Å². The molecule has 2 heterocycles. The van der Waals surface area contributed by atoms with Gasteiger partial charge in [0.1, 0.15) is 6.33 Å². The van der Waals surface area contributed by atoms with Crippen LogP contribution in [0.1, 0.15) is 34.4 Å². The summed E-state index contributed by atoms with van der Waals surface area (Å²) in [6, 6.07) is 7.65. The highest BCUT2D eigenvalue weighted by molar-refractivity contribution is 6.04. The zero-order chi connectivity index (χ0) is 17.1. The molecule has 0 aliphatic rings. The van der Waals surface area contributed by atoms with Crippen LogP contribution in [-0.2, 0) is 6.42 Å². The summed E-state index contributed by atoms with van der Waals surface area (Å²) < 4.78 is 2.02. The number of carbonyl (C=O) groups is 1. The summed E-state index contributed by atoms with van der Waals surface area (Å²) in [7, 11) is 0. The molecule has 1 amide bonds. The number of amides is 1. The van der Waals surface area contributed by atoms with E-state index in [1.54, 1.807) is 12.5 Å². The molecule has 3 aromatic rings. The van der Waals surface area contributed by atoms with Crippen molar-refractivity contribution in [2.75, 3.05) is 5.32 Å². The topological polar surface area (TPSA) is 72.7 Å². The van der Waals surface area contributed by atoms with Crippen molar-refractivity contribution in [1.29, 1.82) is 0 Å². The van der Waals surface area contributed by atoms with E-state index in [1.165, 1.54) is 6.33 Å². The number of rotatable bonds is 4. The minimum absolute atomic E-state index is 0.199. The predicted molar refractivity (Wildman–Crippen MR) is 92.4 cm³/mol. The molecular formula is C18H19N5O. The van der Waals surface area contributed by atoms with Crippen LogP contribution in [0.15, 0.2) is 43.1 Å². The number of imidazole rings is 1. The summed E-state index contributed by atoms with van der Waals surface area (Å²) >= 11 is 0. The van der Waals surface area contributed by atoms with Gasteiger partial charge in [-0.2, -0.15) is 0 Å². The van der Waals surface area contributed by atoms with Crippen molar-refractivity contribution in [1.82, 2.24) is 19.5 Å². The minimum Gasteiger partial charge on any atom is -0.322 e. The Bertz CT molecular complexity index is 867. The number of nitrogens with zero attached hydrogens (tertiary/aromatic N) is 4. The molecule has 0 bridgehead atoms. The molecule has 0 unspecified atom stereocenters. The van der Waals surface area contributed by atoms with E-state index in [-0.39, 0.29) is 5.91 Å². The molecule has 0 radical (unpaired) electrons. The van der Waals surface area contributed by atoms with E-state index in [0.29, 0.717) is 12.0 Å². The first-order valence-corrected chi connectivity index (χ1v) is 7.81. The Kier molecular flexibility index (Phi) is 4.37. The van der Waals surface area contributed by atoms with Crippen molar-refractivity contribution in [3.63, 3.8) is 0 Å². The van der Waals surface area contributed by atoms with Gasteiger partial charge in [-0.15, -0.1) is 0 Å². The van der Waals surface area contributed by atoms with Crippen molar-refractivity contribution < 1.29 is 4.79 Å². The molecule has 0 saturated heterocycles. The second-order valence-corrected chi connectivity index (χ2v) is 5.52. The molecule has 6 nitrogen and oxygen atoms in total. The second-order valence-electron chi connectivity index (χ2n) is 5.52. The summed E-state index contributed by atoms with van der Waals surface area (Å²) in [5, 5.41) is 2.89. The monoisotopic (exact) mass is 321 g/mol. The van der Waals surface area contributed by atoms with Crippen LogP contribution in [0.2, 0.25) is 0 Å². The molecule has 0 saturated carbocycles. The second kappa shape index (κ2) is 6.62. The van der Waals surface area contributed by atoms with E-state index in [0.717, 1.165) is 28.5 Å². The van der Waals surface area contributed by atoms with Crippen molar-refractivity contribution >= 4 is 11.6 Å². The number of hydrogen-bond acceptors (Lipinski definition) is 4. The van der Waals surface area contributed by atoms with Gasteiger partial charge in [0.05, 0.1) is 23.3 Å². The van der Waals surface area contributed by atoms with Crippen LogP contribution in [0.5, 0.6) is 0 Å². The lowest BCUT2D eigenvalue weighted by Crippen LogP contribution is -2.15. The number of nitrogens with one attached hydrogen (secondary N) is 1. The van der Waals surface area contributed by atoms with E-state index in [4.69, 9.17) is 0 Å². The molecule has 24 heavy (non-hydrogen) atoms. The first kappa shape index (κ1) is 15.9. The largest absolute Gasteiger partial charge is 0.322 e. The number of aryl methyl sites for hydroxylation is 2. The number of aromatic nitrogens is 4. The fraction of sp³-hybridized carbons (Fsp3) is 0.222. The fourth-order valence-electron chi connectivity index (χ4n) is 2.49. The van der Waals surface area contributed by atoms with Gasteiger partial charge in [-0.25, -0.2) is 15.0 Å². The normalized spacial score (nSPS) is 10.6. The Balaban J connectivity index is 1.79. The zero-order valence-corrected chi connectivity index (χ0v) is 13.9. The van der Waals surface area contributed by atoms with E-state index in [2.05, 4.69) is 20.3 Å². The molecule has 6 heteroatoms. The van der Waals surface area contributed by atoms with Gasteiger partial charge < -0.3 is 9.88 Å². The van der Waals surface area contributed by atoms with Gasteiger partial charge in [-0.3, -0.25) is 4.79 Å². The Morgan fingerprint density at radius 3 is 2.54 bits per heavy atom. The highest BCUT2D eigenvalue weighted by atomic mass is 16.1. The summed E-state index contributed by atoms with van der Waals surface area (Å²) in [6.07, 6.45) is 5.49. The SMILES string of the molecule is CCc1ncncc1C(=O)Nc1ccc(-n2cnc(C)c2C)cc1. The van der Waals surface area contributed by atoms with Gasteiger partial charge >= 0.3 is 0 Å². The molecule has 0 aliphatic heterocycles. The van der Waals surface area contributed by atoms with E-state index >= 15 is 0 Å². The van der Waals surface area contributed by atoms with Crippen LogP contribution in [0.3, 0.4) is 0 Å². The Labute approximate surface area is 140 Å². The third kappa shape index (κ3) is 3.03. The summed E-state index contributed by atoms with van der Waals surface area (Å²) in [5.74, 6) is -0.199. The van der Waals surface area contributed by atoms with Crippen LogP contribution < -0.4 is 5.32 Å². The van der Waals surface area contributed by atoms with E-state index < -0.39 is 0 Å². The number of benzene rings is 1. The van der Waals surface area contributed by atoms with E-state index in [9.17, 15) is 4.79 Å². The zero-order valence-electron chi connectivity index (χ0n) is 13.9. The standard InChI is InChI=1S/C18H19N5O/c1-4-17-16(9-19-10-20-17)18(24)22-14-5-7-15(8-6-14)23-11-21-12(2)13(23)3/h5-11H,4H2,1-3H3,(H,22,24). The van der Waals surface area contributed by atoms with Crippen LogP contribution in [0.4, 0.5) is 5.69 Å². The average molecular weight is 321 g/mol. The van der Waals surface area contributed by atoms with Crippen LogP contribution in [0, 0.1) is 13.8 Å². The molecule has 0 fully saturated rings. The number of carbonyl (C=O) groups excluding carboxylic acids is 1. The highest BCUT2D eigenvalue weighted by Crippen LogP contribution is 2.17. The quantitative estimate of drug-likeness (QED) is 0.801. The van der Waals surface area contributed by atoms with Crippen LogP contribution in [0.25, 0.3) is 5.69 Å². The molecular weight excluding hydrogens is 302 g/mol. The number of hydrogen-bond donors (Lipinski definition) is 1. The van der Waals surface area contributed by atoms with Gasteiger partial charge in [0, 0.05) is 23.3 Å². The molecule has 0 atom stereocenters. The lowest BCUT2D eigenvalue weighted by molar-refractivity contribution is 0.102. The van der Waals surface area contributed by atoms with Gasteiger partial charge in [0.25, 0.3) is 5.91 Å². The highest BCUT2D eigenvalue weighted by Gasteiger charge is 2.12. The molecule has 1 N–H and O–H groups in total. The third-order valence-corrected chi connectivity index (χ3v) is 4.03. The summed E-state index contributed by atoms with van der Waals surface area (Å²) in [6.45, 7) is 5.97. The average Bonchev–Trinajstić information content (AvgIpc) is 2.95. The first-order chi connectivity index (χ1) is 11.6. The molecule has 2 aromatic heterocycles. The predicted octanol–water partition coefficient (Wildman–Crippen LogP) is 3.09. The summed E-state index contributed by atoms with van der Waals surface area (Å²) in [5.41, 5.74) is 5.07. The first-order valence-electron chi connectivity index (χ1n) is 7.81. The van der Waals surface area contributed by atoms with Crippen molar-refractivity contribution in [2.45, 2.75) is 27.2 Å².